The molecule has 2 heterocycles. The molecule has 0 fully saturated rings. The highest BCUT2D eigenvalue weighted by Gasteiger charge is 2.13. The fourth-order valence-corrected chi connectivity index (χ4v) is 3.57. The Bertz CT molecular complexity index is 1270. The second kappa shape index (κ2) is 10.1. The van der Waals surface area contributed by atoms with Gasteiger partial charge in [-0.05, 0) is 43.3 Å². The Kier molecular flexibility index (Phi) is 6.84. The third-order valence-corrected chi connectivity index (χ3v) is 5.31. The van der Waals surface area contributed by atoms with Crippen LogP contribution in [0, 0.1) is 12.7 Å². The number of rotatable bonds is 8. The first-order chi connectivity index (χ1) is 16.0. The van der Waals surface area contributed by atoms with Gasteiger partial charge in [-0.1, -0.05) is 17.3 Å². The van der Waals surface area contributed by atoms with Crippen LogP contribution in [0.5, 0.6) is 0 Å². The monoisotopic (exact) mass is 466 g/mol. The first-order valence-electron chi connectivity index (χ1n) is 10.0. The molecule has 1 amide bonds. The lowest BCUT2D eigenvalue weighted by Crippen LogP contribution is -2.21. The van der Waals surface area contributed by atoms with Gasteiger partial charge in [-0.15, -0.1) is 11.3 Å². The summed E-state index contributed by atoms with van der Waals surface area (Å²) in [5, 5.41) is 9.43. The van der Waals surface area contributed by atoms with Crippen LogP contribution >= 0.6 is 11.3 Å². The molecule has 2 aromatic heterocycles. The molecule has 2 aromatic carbocycles. The van der Waals surface area contributed by atoms with Gasteiger partial charge in [0.15, 0.2) is 6.61 Å². The standard InChI is InChI=1S/C23H19FN4O4S/c1-14-25-19(13-33-14)16-3-2-4-18(11-16)26-20(29)12-31-22(30)10-9-21-27-23(28-32-21)15-5-7-17(24)8-6-15/h2-8,11,13H,9-10,12H2,1H3,(H,26,29). The lowest BCUT2D eigenvalue weighted by molar-refractivity contribution is -0.147. The Morgan fingerprint density at radius 1 is 1.12 bits per heavy atom. The van der Waals surface area contributed by atoms with Crippen molar-refractivity contribution in [2.45, 2.75) is 19.8 Å². The van der Waals surface area contributed by atoms with E-state index < -0.39 is 18.5 Å². The van der Waals surface area contributed by atoms with Crippen molar-refractivity contribution in [3.05, 3.63) is 70.6 Å². The normalized spacial score (nSPS) is 10.7. The number of hydrogen-bond acceptors (Lipinski definition) is 8. The van der Waals surface area contributed by atoms with Crippen molar-refractivity contribution in [1.29, 1.82) is 0 Å². The van der Waals surface area contributed by atoms with Crippen molar-refractivity contribution in [1.82, 2.24) is 15.1 Å². The summed E-state index contributed by atoms with van der Waals surface area (Å²) in [7, 11) is 0. The summed E-state index contributed by atoms with van der Waals surface area (Å²) in [5.41, 5.74) is 2.90. The van der Waals surface area contributed by atoms with E-state index >= 15 is 0 Å². The molecule has 4 rings (SSSR count). The first kappa shape index (κ1) is 22.3. The van der Waals surface area contributed by atoms with Crippen LogP contribution in [0.15, 0.2) is 58.4 Å². The molecule has 0 aliphatic rings. The van der Waals surface area contributed by atoms with Crippen molar-refractivity contribution < 1.29 is 23.2 Å². The van der Waals surface area contributed by atoms with Crippen LogP contribution in [0.1, 0.15) is 17.3 Å². The number of anilines is 1. The number of thiazole rings is 1. The van der Waals surface area contributed by atoms with Crippen molar-refractivity contribution >= 4 is 28.9 Å². The molecule has 10 heteroatoms. The predicted molar refractivity (Wildman–Crippen MR) is 120 cm³/mol. The molecule has 33 heavy (non-hydrogen) atoms. The zero-order valence-corrected chi connectivity index (χ0v) is 18.4. The fraction of sp³-hybridized carbons (Fsp3) is 0.174. The Labute approximate surface area is 192 Å². The van der Waals surface area contributed by atoms with E-state index in [1.165, 1.54) is 24.3 Å². The van der Waals surface area contributed by atoms with Crippen LogP contribution in [0.2, 0.25) is 0 Å². The van der Waals surface area contributed by atoms with E-state index in [0.29, 0.717) is 17.1 Å². The molecule has 0 spiro atoms. The third-order valence-electron chi connectivity index (χ3n) is 4.54. The van der Waals surface area contributed by atoms with Gasteiger partial charge in [0.05, 0.1) is 17.1 Å². The molecule has 0 aliphatic carbocycles. The van der Waals surface area contributed by atoms with Gasteiger partial charge >= 0.3 is 5.97 Å². The SMILES string of the molecule is Cc1nc(-c2cccc(NC(=O)COC(=O)CCc3nc(-c4ccc(F)cc4)no3)c2)cs1. The van der Waals surface area contributed by atoms with Crippen LogP contribution in [0.3, 0.4) is 0 Å². The van der Waals surface area contributed by atoms with E-state index in [1.807, 2.05) is 30.5 Å². The highest BCUT2D eigenvalue weighted by Crippen LogP contribution is 2.24. The summed E-state index contributed by atoms with van der Waals surface area (Å²) in [5.74, 6) is -0.848. The fourth-order valence-electron chi connectivity index (χ4n) is 2.95. The zero-order valence-electron chi connectivity index (χ0n) is 17.6. The van der Waals surface area contributed by atoms with Gasteiger partial charge in [0.1, 0.15) is 5.82 Å². The highest BCUT2D eigenvalue weighted by atomic mass is 32.1. The van der Waals surface area contributed by atoms with Crippen molar-refractivity contribution in [2.75, 3.05) is 11.9 Å². The van der Waals surface area contributed by atoms with Gasteiger partial charge in [0, 0.05) is 28.6 Å². The number of carbonyl (C=O) groups excluding carboxylic acids is 2. The van der Waals surface area contributed by atoms with Gasteiger partial charge in [-0.3, -0.25) is 9.59 Å². The molecule has 1 N–H and O–H groups in total. The van der Waals surface area contributed by atoms with Crippen LogP contribution < -0.4 is 5.32 Å². The lowest BCUT2D eigenvalue weighted by Gasteiger charge is -2.07. The highest BCUT2D eigenvalue weighted by molar-refractivity contribution is 7.09. The van der Waals surface area contributed by atoms with E-state index in [2.05, 4.69) is 20.4 Å². The predicted octanol–water partition coefficient (Wildman–Crippen LogP) is 4.42. The maximum atomic E-state index is 13.0. The summed E-state index contributed by atoms with van der Waals surface area (Å²) < 4.78 is 23.1. The molecule has 0 saturated heterocycles. The number of ether oxygens (including phenoxy) is 1. The van der Waals surface area contributed by atoms with Crippen molar-refractivity contribution in [2.24, 2.45) is 0 Å². The number of benzene rings is 2. The number of halogens is 1. The van der Waals surface area contributed by atoms with Crippen LogP contribution in [0.25, 0.3) is 22.6 Å². The van der Waals surface area contributed by atoms with Crippen molar-refractivity contribution in [3.63, 3.8) is 0 Å². The number of hydrogen-bond donors (Lipinski definition) is 1. The zero-order chi connectivity index (χ0) is 23.2. The average Bonchev–Trinajstić information content (AvgIpc) is 3.46. The Balaban J connectivity index is 1.23. The van der Waals surface area contributed by atoms with Gasteiger partial charge < -0.3 is 14.6 Å². The quantitative estimate of drug-likeness (QED) is 0.383. The first-order valence-corrected chi connectivity index (χ1v) is 10.9. The number of nitrogens with zero attached hydrogens (tertiary/aromatic N) is 3. The average molecular weight is 466 g/mol. The lowest BCUT2D eigenvalue weighted by atomic mass is 10.1. The molecule has 0 aliphatic heterocycles. The Morgan fingerprint density at radius 2 is 1.94 bits per heavy atom. The maximum Gasteiger partial charge on any atom is 0.306 e. The van der Waals surface area contributed by atoms with E-state index in [0.717, 1.165) is 16.3 Å². The number of aryl methyl sites for hydroxylation is 2. The summed E-state index contributed by atoms with van der Waals surface area (Å²) in [4.78, 5) is 32.8. The summed E-state index contributed by atoms with van der Waals surface area (Å²) in [6.45, 7) is 1.51. The van der Waals surface area contributed by atoms with Gasteiger partial charge in [-0.2, -0.15) is 4.98 Å². The number of nitrogens with one attached hydrogen (secondary N) is 1. The molecule has 0 unspecified atom stereocenters. The van der Waals surface area contributed by atoms with E-state index in [9.17, 15) is 14.0 Å². The topological polar surface area (TPSA) is 107 Å². The smallest absolute Gasteiger partial charge is 0.306 e. The minimum atomic E-state index is -0.571. The molecule has 8 nitrogen and oxygen atoms in total. The second-order valence-corrected chi connectivity index (χ2v) is 8.12. The minimum Gasteiger partial charge on any atom is -0.456 e. The third kappa shape index (κ3) is 6.07. The molecule has 168 valence electrons. The summed E-state index contributed by atoms with van der Waals surface area (Å²) in [6, 6.07) is 12.9. The number of amides is 1. The largest absolute Gasteiger partial charge is 0.456 e. The van der Waals surface area contributed by atoms with Crippen LogP contribution in [0.4, 0.5) is 10.1 Å². The molecule has 0 atom stereocenters. The minimum absolute atomic E-state index is 0.0308. The molecular weight excluding hydrogens is 447 g/mol. The van der Waals surface area contributed by atoms with Crippen LogP contribution in [-0.2, 0) is 20.7 Å². The van der Waals surface area contributed by atoms with E-state index in [4.69, 9.17) is 9.26 Å². The summed E-state index contributed by atoms with van der Waals surface area (Å²) >= 11 is 1.55. The van der Waals surface area contributed by atoms with Gasteiger partial charge in [0.25, 0.3) is 5.91 Å². The number of esters is 1. The van der Waals surface area contributed by atoms with E-state index in [1.54, 1.807) is 17.4 Å². The Morgan fingerprint density at radius 3 is 2.70 bits per heavy atom. The van der Waals surface area contributed by atoms with E-state index in [-0.39, 0.29) is 24.5 Å². The molecule has 0 radical (unpaired) electrons. The van der Waals surface area contributed by atoms with Gasteiger partial charge in [-0.25, -0.2) is 9.37 Å². The number of aromatic nitrogens is 3. The maximum absolute atomic E-state index is 13.0. The number of carbonyl (C=O) groups is 2. The van der Waals surface area contributed by atoms with Crippen molar-refractivity contribution in [3.8, 4) is 22.6 Å². The summed E-state index contributed by atoms with van der Waals surface area (Å²) in [6.07, 6.45) is 0.126. The Hall–Kier alpha value is -3.92. The molecular formula is C23H19FN4O4S. The van der Waals surface area contributed by atoms with Crippen LogP contribution in [-0.4, -0.2) is 33.6 Å². The molecule has 0 saturated carbocycles. The second-order valence-electron chi connectivity index (χ2n) is 7.06. The van der Waals surface area contributed by atoms with Gasteiger partial charge in [0.2, 0.25) is 11.7 Å². The molecule has 4 aromatic rings. The molecule has 0 bridgehead atoms.